The Morgan fingerprint density at radius 1 is 0.318 bits per heavy atom. The predicted octanol–water partition coefficient (Wildman–Crippen LogP) is 15.7. The molecule has 5 aliphatic rings. The maximum absolute atomic E-state index is 14.4. The molecule has 0 saturated carbocycles. The van der Waals surface area contributed by atoms with Gasteiger partial charge in [0, 0.05) is 151 Å². The molecule has 10 aromatic carbocycles. The molecule has 20 rings (SSSR count). The van der Waals surface area contributed by atoms with Gasteiger partial charge in [0.2, 0.25) is 59.1 Å². The van der Waals surface area contributed by atoms with Crippen LogP contribution in [0.5, 0.6) is 5.75 Å². The number of aliphatic hydroxyl groups excluding tert-OH is 1. The lowest BCUT2D eigenvalue weighted by Gasteiger charge is -2.14. The Hall–Kier alpha value is -16.5. The molecule has 27 nitrogen and oxygen atoms in total. The number of halogens is 12. The van der Waals surface area contributed by atoms with Crippen molar-refractivity contribution in [3.63, 3.8) is 0 Å². The fourth-order valence-corrected chi connectivity index (χ4v) is 18.7. The summed E-state index contributed by atoms with van der Waals surface area (Å²) in [5.74, 6) is -9.91. The minimum atomic E-state index is -2.97. The van der Waals surface area contributed by atoms with Crippen LogP contribution in [0.25, 0.3) is 111 Å². The van der Waals surface area contributed by atoms with Crippen molar-refractivity contribution < 1.29 is 110 Å². The Balaban J connectivity index is 0.000000132. The first kappa shape index (κ1) is 104. The van der Waals surface area contributed by atoms with Gasteiger partial charge in [-0.3, -0.25) is 47.9 Å². The van der Waals surface area contributed by atoms with Crippen LogP contribution in [0, 0.1) is 78.9 Å². The Labute approximate surface area is 837 Å². The fourth-order valence-electron chi connectivity index (χ4n) is 18.7. The van der Waals surface area contributed by atoms with E-state index in [2.05, 4.69) is 82.8 Å². The third-order valence-electron chi connectivity index (χ3n) is 26.1. The standard InChI is InChI=1S/C22H19F4N3O3.C22H21F2N3O3.2C22H21F2N3O2.C21H19F2N3O2/c23-12-9-15-14(5-6-18(30)28-17-7-8-27-21(17)31)19(29-20(15)16(24)10-12)11-1-3-13(4-2-11)32-22(25)26;1-11-2-4-12(5-3-11)19-14(15-8-13(23)9-16(24)20(15)27-19)6-7-18(29)26-21-17(28)10-25-22(21)30;2*1-12-2-4-13(5-3-12)20-15(16-10-14(23)11-17(24)21(16)27-20)6-7-19(28)26-18-8-9-25-22(18)29;22-13-10-15-14(6-7-18(27)25-17-8-9-24-21(17)28)19(12-4-2-1-3-5-12)26-20(15)16(23)11-13/h1-4,9-10,17,22,29H,5-8H2,(H,27,31)(H,28,30);2-5,8-9,17,21,27-28H,6-7,10H2,1H3,(H,25,30)(H,26,29);2*2-5,10-11,18,27H,6-9H2,1H3,(H,25,29)(H,26,28);1-5,10-11,17,26H,6-9H2,(H,24,28)(H,25,27)/t17-;17-,21+;2*18-;17-/m01100/s1. The third kappa shape index (κ3) is 24.8. The smallest absolute Gasteiger partial charge is 0.387 e. The number of ether oxygens (including phenoxy) is 1. The average Bonchev–Trinajstić information content (AvgIpc) is 1.66. The number of H-pyrrole nitrogens is 5. The molecule has 768 valence electrons. The molecule has 6 atom stereocenters. The van der Waals surface area contributed by atoms with E-state index in [1.807, 2.05) is 124 Å². The second kappa shape index (κ2) is 46.3. The van der Waals surface area contributed by atoms with E-state index in [1.165, 1.54) is 54.6 Å². The zero-order chi connectivity index (χ0) is 105. The number of hydrogen-bond donors (Lipinski definition) is 16. The first-order valence-electron chi connectivity index (χ1n) is 47.8. The molecule has 0 spiro atoms. The van der Waals surface area contributed by atoms with Crippen LogP contribution < -0.4 is 57.9 Å². The number of amides is 10. The van der Waals surface area contributed by atoms with Gasteiger partial charge in [0.1, 0.15) is 100 Å². The van der Waals surface area contributed by atoms with Gasteiger partial charge in [0.25, 0.3) is 0 Å². The average molecular weight is 2040 g/mol. The van der Waals surface area contributed by atoms with Crippen molar-refractivity contribution in [1.29, 1.82) is 0 Å². The van der Waals surface area contributed by atoms with Crippen molar-refractivity contribution >= 4 is 114 Å². The molecule has 10 amide bonds. The number of fused-ring (bicyclic) bond motifs is 5. The van der Waals surface area contributed by atoms with Crippen molar-refractivity contribution in [2.24, 2.45) is 0 Å². The lowest BCUT2D eigenvalue weighted by Crippen LogP contribution is -2.45. The number of aryl methyl sites for hydroxylation is 8. The lowest BCUT2D eigenvalue weighted by molar-refractivity contribution is -0.128. The predicted molar refractivity (Wildman–Crippen MR) is 530 cm³/mol. The first-order valence-corrected chi connectivity index (χ1v) is 47.8. The normalized spacial score (nSPS) is 16.7. The molecule has 5 saturated heterocycles. The van der Waals surface area contributed by atoms with E-state index < -0.39 is 113 Å². The maximum atomic E-state index is 14.4. The van der Waals surface area contributed by atoms with Gasteiger partial charge in [-0.1, -0.05) is 120 Å². The number of rotatable bonds is 27. The zero-order valence-corrected chi connectivity index (χ0v) is 79.8. The Bertz CT molecular complexity index is 7390. The van der Waals surface area contributed by atoms with Gasteiger partial charge in [-0.05, 0) is 189 Å². The second-order valence-corrected chi connectivity index (χ2v) is 36.5. The summed E-state index contributed by atoms with van der Waals surface area (Å²) in [5, 5.41) is 38.1. The SMILES string of the molecule is Cc1ccc(-c2[nH]c3c(F)cc(F)cc3c2CCC(=O)N[C@@H]2C(=O)NC[C@H]2O)cc1.Cc1ccc(-c2[nH]c3c(F)cc(F)cc3c2CCC(=O)N[C@@H]2CCNC2=O)cc1.Cc1ccc(-c2[nH]c3c(F)cc(F)cc3c2CCC(=O)N[C@H]2CCNC2=O)cc1.O=C(CCc1c(-c2ccc(OC(F)F)cc2)[nH]c2c(F)cc(F)cc12)N[C@H]1CCNC1=O.O=C(CCc1c(-c2ccccc2)[nH]c2c(F)cc(F)cc12)N[C@H]1CCNC1=O. The Kier molecular flexibility index (Phi) is 32.6. The summed E-state index contributed by atoms with van der Waals surface area (Å²) in [7, 11) is 0. The number of aliphatic hydroxyl groups is 1. The molecule has 0 radical (unpaired) electrons. The summed E-state index contributed by atoms with van der Waals surface area (Å²) in [5.41, 5.74) is 14.1. The van der Waals surface area contributed by atoms with Crippen LogP contribution >= 0.6 is 0 Å². The molecule has 0 unspecified atom stereocenters. The summed E-state index contributed by atoms with van der Waals surface area (Å²) in [6.45, 7) is 5.11. The number of hydrogen-bond acceptors (Lipinski definition) is 12. The topological polar surface area (TPSA) is 399 Å². The number of benzene rings is 10. The molecule has 5 fully saturated rings. The van der Waals surface area contributed by atoms with Crippen LogP contribution in [0.4, 0.5) is 52.7 Å². The molecule has 16 N–H and O–H groups in total. The second-order valence-electron chi connectivity index (χ2n) is 36.5. The minimum Gasteiger partial charge on any atom is -0.435 e. The van der Waals surface area contributed by atoms with Gasteiger partial charge in [-0.15, -0.1) is 0 Å². The van der Waals surface area contributed by atoms with E-state index >= 15 is 0 Å². The highest BCUT2D eigenvalue weighted by Gasteiger charge is 2.36. The summed E-state index contributed by atoms with van der Waals surface area (Å²) in [6, 6.07) is 45.1. The lowest BCUT2D eigenvalue weighted by atomic mass is 10.00. The van der Waals surface area contributed by atoms with Crippen molar-refractivity contribution in [2.75, 3.05) is 32.7 Å². The van der Waals surface area contributed by atoms with E-state index in [1.54, 1.807) is 0 Å². The maximum Gasteiger partial charge on any atom is 0.387 e. The number of carbonyl (C=O) groups excluding carboxylic acids is 10. The number of alkyl halides is 2. The Morgan fingerprint density at radius 3 is 0.777 bits per heavy atom. The highest BCUT2D eigenvalue weighted by Crippen LogP contribution is 2.41. The van der Waals surface area contributed by atoms with Crippen LogP contribution in [0.2, 0.25) is 0 Å². The number of carbonyl (C=O) groups is 10. The fraction of sp³-hybridized carbons (Fsp3) is 0.266. The van der Waals surface area contributed by atoms with E-state index in [0.29, 0.717) is 135 Å². The largest absolute Gasteiger partial charge is 0.435 e. The molecule has 10 heterocycles. The van der Waals surface area contributed by atoms with Crippen molar-refractivity contribution in [3.05, 3.63) is 291 Å². The van der Waals surface area contributed by atoms with Crippen LogP contribution in [0.3, 0.4) is 0 Å². The molecule has 39 heteroatoms. The molecule has 5 aliphatic heterocycles. The van der Waals surface area contributed by atoms with Crippen LogP contribution in [0.1, 0.15) is 102 Å². The number of nitrogens with one attached hydrogen (secondary N) is 15. The van der Waals surface area contributed by atoms with E-state index in [0.717, 1.165) is 69.3 Å². The van der Waals surface area contributed by atoms with E-state index in [4.69, 9.17) is 0 Å². The molecular weight excluding hydrogens is 1940 g/mol. The highest BCUT2D eigenvalue weighted by atomic mass is 19.3. The number of β-amino-alcohol motifs (C(OH)–C–C–N with tert-alkyl or cyclic N) is 1. The molecule has 0 aliphatic carbocycles. The third-order valence-corrected chi connectivity index (χ3v) is 26.1. The summed E-state index contributed by atoms with van der Waals surface area (Å²) >= 11 is 0. The van der Waals surface area contributed by atoms with E-state index in [9.17, 15) is 106 Å². The van der Waals surface area contributed by atoms with Gasteiger partial charge in [0.15, 0.2) is 0 Å². The van der Waals surface area contributed by atoms with Gasteiger partial charge >= 0.3 is 6.61 Å². The number of aromatic amines is 5. The molecule has 148 heavy (non-hydrogen) atoms. The van der Waals surface area contributed by atoms with Gasteiger partial charge in [0.05, 0.1) is 27.6 Å². The summed E-state index contributed by atoms with van der Waals surface area (Å²) in [4.78, 5) is 135. The monoisotopic (exact) mass is 2040 g/mol. The Morgan fingerprint density at radius 2 is 0.554 bits per heavy atom. The van der Waals surface area contributed by atoms with Crippen LogP contribution in [-0.4, -0.2) is 165 Å². The van der Waals surface area contributed by atoms with Crippen molar-refractivity contribution in [1.82, 2.24) is 78.1 Å². The molecule has 5 aromatic heterocycles. The summed E-state index contributed by atoms with van der Waals surface area (Å²) in [6.07, 6.45) is 2.65. The van der Waals surface area contributed by atoms with Gasteiger partial charge in [-0.25, -0.2) is 43.9 Å². The van der Waals surface area contributed by atoms with Crippen LogP contribution in [-0.2, 0) is 80.0 Å². The van der Waals surface area contributed by atoms with Crippen molar-refractivity contribution in [2.45, 2.75) is 154 Å². The van der Waals surface area contributed by atoms with Gasteiger partial charge < -0.3 is 87.9 Å². The number of aromatic nitrogens is 5. The van der Waals surface area contributed by atoms with Crippen molar-refractivity contribution in [3.8, 4) is 62.0 Å². The minimum absolute atomic E-state index is 0.0134. The van der Waals surface area contributed by atoms with E-state index in [-0.39, 0.29) is 157 Å². The molecule has 15 aromatic rings. The molecular formula is C109H101F12N15O12. The van der Waals surface area contributed by atoms with Crippen LogP contribution in [0.15, 0.2) is 188 Å². The zero-order valence-electron chi connectivity index (χ0n) is 79.8. The quantitative estimate of drug-likeness (QED) is 0.0214. The highest BCUT2D eigenvalue weighted by molar-refractivity contribution is 6.00. The van der Waals surface area contributed by atoms with Gasteiger partial charge in [-0.2, -0.15) is 8.78 Å². The summed E-state index contributed by atoms with van der Waals surface area (Å²) < 4.78 is 170. The first-order chi connectivity index (χ1) is 71.0. The molecule has 0 bridgehead atoms.